The number of amides is 4. The predicted molar refractivity (Wildman–Crippen MR) is 201 cm³/mol. The zero-order chi connectivity index (χ0) is 40.1. The SMILES string of the molecule is O=C(C(=O)N1[C@H](c2ncc(-c3ccc(-c4ccc(-c5cnc([C@@H]6C[C@@H]7C[C@@H]7N6C(=O)C(=O)N6CCC(F)(F)CC6)[nH]5)cc4)cc3)[nH]2)C[C@@H]2C[C@@H]21)N1CCC(F)(F)CC1. The molecule has 6 heterocycles. The molecule has 4 saturated heterocycles. The van der Waals surface area contributed by atoms with Crippen LogP contribution >= 0.6 is 0 Å². The Morgan fingerprint density at radius 3 is 1.22 bits per heavy atom. The Bertz CT molecular complexity index is 2110. The summed E-state index contributed by atoms with van der Waals surface area (Å²) in [4.78, 5) is 74.7. The van der Waals surface area contributed by atoms with E-state index < -0.39 is 61.2 Å². The number of carbonyl (C=O) groups excluding carboxylic acids is 4. The van der Waals surface area contributed by atoms with Crippen molar-refractivity contribution in [2.24, 2.45) is 11.8 Å². The highest BCUT2D eigenvalue weighted by Gasteiger charge is 2.58. The molecule has 4 amide bonds. The molecular formula is C42H42F4N8O4. The van der Waals surface area contributed by atoms with Gasteiger partial charge in [0.05, 0.1) is 35.9 Å². The number of fused-ring (bicyclic) bond motifs is 2. The van der Waals surface area contributed by atoms with E-state index in [0.29, 0.717) is 36.3 Å². The maximum atomic E-state index is 13.7. The monoisotopic (exact) mass is 798 g/mol. The van der Waals surface area contributed by atoms with Crippen LogP contribution in [-0.4, -0.2) is 113 Å². The highest BCUT2D eigenvalue weighted by atomic mass is 19.3. The molecule has 6 aliphatic rings. The van der Waals surface area contributed by atoms with Gasteiger partial charge in [0.2, 0.25) is 0 Å². The van der Waals surface area contributed by atoms with Crippen molar-refractivity contribution >= 4 is 23.6 Å². The minimum atomic E-state index is -2.81. The Labute approximate surface area is 331 Å². The van der Waals surface area contributed by atoms with Crippen LogP contribution in [0.2, 0.25) is 0 Å². The number of benzene rings is 2. The van der Waals surface area contributed by atoms with Crippen LogP contribution in [0.3, 0.4) is 0 Å². The summed E-state index contributed by atoms with van der Waals surface area (Å²) in [7, 11) is 0. The van der Waals surface area contributed by atoms with Crippen molar-refractivity contribution in [1.29, 1.82) is 0 Å². The summed E-state index contributed by atoms with van der Waals surface area (Å²) in [5.41, 5.74) is 5.31. The van der Waals surface area contributed by atoms with E-state index >= 15 is 0 Å². The number of nitrogens with zero attached hydrogens (tertiary/aromatic N) is 6. The number of alkyl halides is 4. The molecule has 6 fully saturated rings. The number of aromatic nitrogens is 4. The summed E-state index contributed by atoms with van der Waals surface area (Å²) in [6, 6.07) is 15.1. The van der Waals surface area contributed by atoms with Gasteiger partial charge < -0.3 is 29.6 Å². The molecule has 302 valence electrons. The largest absolute Gasteiger partial charge is 0.340 e. The van der Waals surface area contributed by atoms with Gasteiger partial charge in [-0.25, -0.2) is 27.5 Å². The molecule has 0 radical (unpaired) electrons. The first kappa shape index (κ1) is 36.8. The maximum Gasteiger partial charge on any atom is 0.312 e. The summed E-state index contributed by atoms with van der Waals surface area (Å²) >= 11 is 0. The second-order valence-corrected chi connectivity index (χ2v) is 16.9. The van der Waals surface area contributed by atoms with Crippen LogP contribution in [0.15, 0.2) is 60.9 Å². The lowest BCUT2D eigenvalue weighted by Gasteiger charge is -2.33. The first-order chi connectivity index (χ1) is 27.8. The molecule has 6 atom stereocenters. The quantitative estimate of drug-likeness (QED) is 0.189. The van der Waals surface area contributed by atoms with Gasteiger partial charge in [0.1, 0.15) is 11.6 Å². The number of aromatic amines is 2. The summed E-state index contributed by atoms with van der Waals surface area (Å²) in [5.74, 6) is -6.56. The fourth-order valence-electron chi connectivity index (χ4n) is 9.54. The average molecular weight is 799 g/mol. The van der Waals surface area contributed by atoms with Gasteiger partial charge in [-0.15, -0.1) is 0 Å². The predicted octanol–water partition coefficient (Wildman–Crippen LogP) is 5.97. The molecule has 2 aromatic heterocycles. The highest BCUT2D eigenvalue weighted by Crippen LogP contribution is 2.54. The Morgan fingerprint density at radius 2 is 0.862 bits per heavy atom. The van der Waals surface area contributed by atoms with E-state index in [1.807, 2.05) is 48.5 Å². The topological polar surface area (TPSA) is 139 Å². The summed E-state index contributed by atoms with van der Waals surface area (Å²) in [5, 5.41) is 0. The maximum absolute atomic E-state index is 13.7. The van der Waals surface area contributed by atoms with Crippen molar-refractivity contribution in [2.45, 2.75) is 87.4 Å². The van der Waals surface area contributed by atoms with E-state index in [0.717, 1.165) is 46.5 Å². The molecule has 16 heteroatoms. The standard InChI is InChI=1S/C42H42F4N8O4/c43-41(44)9-13-51(14-10-41)37(55)39(57)53-31-17-27(31)19-33(53)35-47-21-29(49-35)25-5-1-23(2-6-25)24-3-7-26(8-4-24)30-22-48-36(50-30)34-20-28-18-32(28)54(34)40(58)38(56)52-15-11-42(45,46)12-16-52/h1-8,21-22,27-28,31-34H,9-20H2,(H,47,49)(H,48,50)/t27-,28-,31-,32-,33-,34-/m0/s1. The fraction of sp³-hybridized carbons (Fsp3) is 0.476. The third-order valence-electron chi connectivity index (χ3n) is 13.2. The number of hydrogen-bond acceptors (Lipinski definition) is 6. The number of imidazole rings is 2. The molecule has 0 unspecified atom stereocenters. The van der Waals surface area contributed by atoms with Crippen LogP contribution < -0.4 is 0 Å². The van der Waals surface area contributed by atoms with Crippen LogP contribution in [-0.2, 0) is 19.2 Å². The molecule has 2 N–H and O–H groups in total. The van der Waals surface area contributed by atoms with Crippen LogP contribution in [0.5, 0.6) is 0 Å². The lowest BCUT2D eigenvalue weighted by atomic mass is 10.0. The minimum absolute atomic E-state index is 0.0358. The number of carbonyl (C=O) groups is 4. The normalized spacial score (nSPS) is 27.9. The third-order valence-corrected chi connectivity index (χ3v) is 13.2. The van der Waals surface area contributed by atoms with E-state index in [1.165, 1.54) is 9.80 Å². The van der Waals surface area contributed by atoms with Crippen LogP contribution in [0.25, 0.3) is 33.6 Å². The molecule has 2 aliphatic carbocycles. The number of hydrogen-bond donors (Lipinski definition) is 2. The Morgan fingerprint density at radius 1 is 0.517 bits per heavy atom. The lowest BCUT2D eigenvalue weighted by molar-refractivity contribution is -0.156. The van der Waals surface area contributed by atoms with Gasteiger partial charge in [-0.1, -0.05) is 48.5 Å². The van der Waals surface area contributed by atoms with Gasteiger partial charge in [-0.05, 0) is 59.8 Å². The van der Waals surface area contributed by atoms with E-state index in [2.05, 4.69) is 19.9 Å². The van der Waals surface area contributed by atoms with Gasteiger partial charge in [0, 0.05) is 63.9 Å². The average Bonchev–Trinajstić information content (AvgIpc) is 3.81. The number of H-pyrrole nitrogens is 2. The molecule has 2 aromatic carbocycles. The first-order valence-electron chi connectivity index (χ1n) is 20.1. The van der Waals surface area contributed by atoms with Crippen LogP contribution in [0.4, 0.5) is 17.6 Å². The van der Waals surface area contributed by atoms with Crippen molar-refractivity contribution in [3.63, 3.8) is 0 Å². The minimum Gasteiger partial charge on any atom is -0.340 e. The van der Waals surface area contributed by atoms with E-state index in [-0.39, 0.29) is 50.3 Å². The second kappa shape index (κ2) is 13.5. The van der Waals surface area contributed by atoms with E-state index in [1.54, 1.807) is 22.2 Å². The van der Waals surface area contributed by atoms with Crippen molar-refractivity contribution < 1.29 is 36.7 Å². The van der Waals surface area contributed by atoms with E-state index in [9.17, 15) is 36.7 Å². The van der Waals surface area contributed by atoms with E-state index in [4.69, 9.17) is 0 Å². The zero-order valence-electron chi connectivity index (χ0n) is 31.6. The van der Waals surface area contributed by atoms with Crippen LogP contribution in [0.1, 0.15) is 75.1 Å². The first-order valence-corrected chi connectivity index (χ1v) is 20.1. The smallest absolute Gasteiger partial charge is 0.312 e. The second-order valence-electron chi connectivity index (χ2n) is 16.9. The van der Waals surface area contributed by atoms with Crippen molar-refractivity contribution in [1.82, 2.24) is 39.5 Å². The summed E-state index contributed by atoms with van der Waals surface area (Å²) < 4.78 is 54.7. The zero-order valence-corrected chi connectivity index (χ0v) is 31.6. The van der Waals surface area contributed by atoms with Gasteiger partial charge in [-0.2, -0.15) is 0 Å². The Balaban J connectivity index is 0.784. The molecule has 12 nitrogen and oxygen atoms in total. The van der Waals surface area contributed by atoms with Gasteiger partial charge in [-0.3, -0.25) is 19.2 Å². The molecular weight excluding hydrogens is 757 g/mol. The fourth-order valence-corrected chi connectivity index (χ4v) is 9.54. The Hall–Kier alpha value is -5.54. The molecule has 4 aliphatic heterocycles. The molecule has 10 rings (SSSR count). The molecule has 2 saturated carbocycles. The van der Waals surface area contributed by atoms with Crippen molar-refractivity contribution in [3.8, 4) is 33.6 Å². The number of likely N-dealkylation sites (tertiary alicyclic amines) is 4. The number of nitrogens with one attached hydrogen (secondary N) is 2. The third kappa shape index (κ3) is 6.63. The molecule has 0 spiro atoms. The van der Waals surface area contributed by atoms with Crippen LogP contribution in [0, 0.1) is 11.8 Å². The number of halogens is 4. The summed E-state index contributed by atoms with van der Waals surface area (Å²) in [6.07, 6.45) is 4.73. The highest BCUT2D eigenvalue weighted by molar-refractivity contribution is 6.35. The molecule has 4 aromatic rings. The Kier molecular flexibility index (Phi) is 8.57. The lowest BCUT2D eigenvalue weighted by Crippen LogP contribution is -2.50. The van der Waals surface area contributed by atoms with Crippen molar-refractivity contribution in [3.05, 3.63) is 72.6 Å². The van der Waals surface area contributed by atoms with Gasteiger partial charge in [0.15, 0.2) is 0 Å². The molecule has 0 bridgehead atoms. The summed E-state index contributed by atoms with van der Waals surface area (Å²) in [6.45, 7) is -0.527. The number of rotatable bonds is 5. The van der Waals surface area contributed by atoms with Gasteiger partial charge in [0.25, 0.3) is 11.8 Å². The number of piperidine rings is 4. The van der Waals surface area contributed by atoms with Gasteiger partial charge >= 0.3 is 23.6 Å². The molecule has 58 heavy (non-hydrogen) atoms. The van der Waals surface area contributed by atoms with Crippen molar-refractivity contribution in [2.75, 3.05) is 26.2 Å².